The smallest absolute Gasteiger partial charge is 0.244 e. The molecule has 9 heavy (non-hydrogen) atoms. The molecule has 1 rings (SSSR count). The molecular formula is C3H3NO4S. The molecule has 0 amide bonds. The molecule has 1 aliphatic heterocycles. The van der Waals surface area contributed by atoms with Gasteiger partial charge in [-0.05, 0) is 0 Å². The molecule has 0 aliphatic carbocycles. The van der Waals surface area contributed by atoms with Crippen molar-refractivity contribution in [2.24, 2.45) is 0 Å². The first-order chi connectivity index (χ1) is 4.14. The summed E-state index contributed by atoms with van der Waals surface area (Å²) < 4.78 is 28.6. The van der Waals surface area contributed by atoms with Gasteiger partial charge >= 0.3 is 10.4 Å². The average Bonchev–Trinajstić information content (AvgIpc) is 2.10. The summed E-state index contributed by atoms with van der Waals surface area (Å²) in [4.78, 5) is 0. The standard InChI is InChI=1S/C3H3NO4S/c4-1-3-2-7-9(5,6)8-3/h3H,2H2. The average molecular weight is 149 g/mol. The van der Waals surface area contributed by atoms with Crippen LogP contribution in [0.4, 0.5) is 0 Å². The van der Waals surface area contributed by atoms with Gasteiger partial charge in [0, 0.05) is 0 Å². The van der Waals surface area contributed by atoms with Crippen molar-refractivity contribution in [1.82, 2.24) is 0 Å². The van der Waals surface area contributed by atoms with E-state index in [-0.39, 0.29) is 6.61 Å². The van der Waals surface area contributed by atoms with E-state index in [0.717, 1.165) is 0 Å². The van der Waals surface area contributed by atoms with Crippen LogP contribution in [0.25, 0.3) is 0 Å². The second-order valence-electron chi connectivity index (χ2n) is 1.41. The van der Waals surface area contributed by atoms with Crippen LogP contribution in [0.5, 0.6) is 0 Å². The zero-order chi connectivity index (χ0) is 6.91. The SMILES string of the molecule is N#CC1COS(=O)(=O)O1. The van der Waals surface area contributed by atoms with Gasteiger partial charge in [0.2, 0.25) is 0 Å². The minimum absolute atomic E-state index is 0.196. The van der Waals surface area contributed by atoms with Crippen LogP contribution < -0.4 is 0 Å². The monoisotopic (exact) mass is 149 g/mol. The quantitative estimate of drug-likeness (QED) is 0.449. The van der Waals surface area contributed by atoms with E-state index in [1.165, 1.54) is 0 Å². The van der Waals surface area contributed by atoms with Gasteiger partial charge in [-0.25, -0.2) is 8.37 Å². The predicted octanol–water partition coefficient (Wildman–Crippen LogP) is -0.830. The lowest BCUT2D eigenvalue weighted by Crippen LogP contribution is -2.05. The fourth-order valence-electron chi connectivity index (χ4n) is 0.402. The van der Waals surface area contributed by atoms with Gasteiger partial charge in [-0.3, -0.25) is 0 Å². The number of rotatable bonds is 0. The van der Waals surface area contributed by atoms with Crippen molar-refractivity contribution in [3.8, 4) is 6.07 Å². The highest BCUT2D eigenvalue weighted by Gasteiger charge is 2.29. The summed E-state index contributed by atoms with van der Waals surface area (Å²) >= 11 is 0. The van der Waals surface area contributed by atoms with Crippen LogP contribution in [-0.2, 0) is 18.8 Å². The van der Waals surface area contributed by atoms with Crippen LogP contribution in [0.3, 0.4) is 0 Å². The molecule has 0 saturated carbocycles. The molecule has 1 aliphatic rings. The van der Waals surface area contributed by atoms with Crippen LogP contribution in [-0.4, -0.2) is 21.1 Å². The molecule has 0 aromatic heterocycles. The Balaban J connectivity index is 2.72. The molecule has 1 fully saturated rings. The van der Waals surface area contributed by atoms with Gasteiger partial charge in [0.15, 0.2) is 6.10 Å². The number of nitrogens with zero attached hydrogens (tertiary/aromatic N) is 1. The van der Waals surface area contributed by atoms with E-state index in [0.29, 0.717) is 0 Å². The van der Waals surface area contributed by atoms with Gasteiger partial charge in [-0.1, -0.05) is 0 Å². The molecule has 5 nitrogen and oxygen atoms in total. The second-order valence-corrected chi connectivity index (χ2v) is 2.65. The fourth-order valence-corrected chi connectivity index (χ4v) is 1.13. The molecule has 0 aromatic carbocycles. The lowest BCUT2D eigenvalue weighted by Gasteiger charge is -1.86. The Kier molecular flexibility index (Phi) is 1.40. The highest BCUT2D eigenvalue weighted by molar-refractivity contribution is 7.82. The molecule has 1 unspecified atom stereocenters. The Morgan fingerprint density at radius 1 is 1.67 bits per heavy atom. The van der Waals surface area contributed by atoms with E-state index in [1.807, 2.05) is 0 Å². The molecule has 1 atom stereocenters. The number of hydrogen-bond donors (Lipinski definition) is 0. The first kappa shape index (κ1) is 6.48. The summed E-state index contributed by atoms with van der Waals surface area (Å²) in [6, 6.07) is 1.59. The van der Waals surface area contributed by atoms with E-state index >= 15 is 0 Å². The minimum Gasteiger partial charge on any atom is -0.244 e. The van der Waals surface area contributed by atoms with Crippen LogP contribution in [0, 0.1) is 11.3 Å². The summed E-state index contributed by atoms with van der Waals surface area (Å²) in [5, 5.41) is 8.08. The van der Waals surface area contributed by atoms with Gasteiger partial charge in [0.05, 0.1) is 6.07 Å². The maximum atomic E-state index is 10.2. The van der Waals surface area contributed by atoms with Gasteiger partial charge in [-0.2, -0.15) is 13.7 Å². The van der Waals surface area contributed by atoms with E-state index in [1.54, 1.807) is 6.07 Å². The third-order valence-electron chi connectivity index (χ3n) is 0.742. The van der Waals surface area contributed by atoms with Gasteiger partial charge in [0.1, 0.15) is 6.61 Å². The summed E-state index contributed by atoms with van der Waals surface area (Å²) in [6.07, 6.45) is -0.963. The number of nitriles is 1. The molecule has 0 bridgehead atoms. The highest BCUT2D eigenvalue weighted by Crippen LogP contribution is 2.10. The Hall–Kier alpha value is -0.640. The molecular weight excluding hydrogens is 146 g/mol. The normalized spacial score (nSPS) is 31.7. The van der Waals surface area contributed by atoms with Crippen molar-refractivity contribution in [3.63, 3.8) is 0 Å². The minimum atomic E-state index is -3.83. The zero-order valence-electron chi connectivity index (χ0n) is 4.27. The van der Waals surface area contributed by atoms with Crippen molar-refractivity contribution < 1.29 is 16.8 Å². The van der Waals surface area contributed by atoms with Crippen molar-refractivity contribution >= 4 is 10.4 Å². The van der Waals surface area contributed by atoms with Crippen molar-refractivity contribution in [1.29, 1.82) is 5.26 Å². The van der Waals surface area contributed by atoms with Gasteiger partial charge in [0.25, 0.3) is 0 Å². The number of hydrogen-bond acceptors (Lipinski definition) is 5. The molecule has 50 valence electrons. The maximum absolute atomic E-state index is 10.2. The summed E-state index contributed by atoms with van der Waals surface area (Å²) in [5.41, 5.74) is 0. The fraction of sp³-hybridized carbons (Fsp3) is 0.667. The lowest BCUT2D eigenvalue weighted by atomic mass is 10.4. The third-order valence-corrected chi connectivity index (χ3v) is 1.63. The van der Waals surface area contributed by atoms with Crippen LogP contribution in [0.1, 0.15) is 0 Å². The topological polar surface area (TPSA) is 76.4 Å². The van der Waals surface area contributed by atoms with Crippen LogP contribution in [0.2, 0.25) is 0 Å². The van der Waals surface area contributed by atoms with Crippen molar-refractivity contribution in [2.45, 2.75) is 6.10 Å². The molecule has 6 heteroatoms. The first-order valence-corrected chi connectivity index (χ1v) is 3.44. The van der Waals surface area contributed by atoms with Gasteiger partial charge < -0.3 is 0 Å². The Labute approximate surface area is 52.1 Å². The molecule has 0 N–H and O–H groups in total. The molecule has 1 heterocycles. The third kappa shape index (κ3) is 1.38. The summed E-state index contributed by atoms with van der Waals surface area (Å²) in [7, 11) is -3.83. The first-order valence-electron chi connectivity index (χ1n) is 2.11. The van der Waals surface area contributed by atoms with Gasteiger partial charge in [-0.15, -0.1) is 0 Å². The zero-order valence-corrected chi connectivity index (χ0v) is 5.09. The van der Waals surface area contributed by atoms with E-state index in [9.17, 15) is 8.42 Å². The predicted molar refractivity (Wildman–Crippen MR) is 25.4 cm³/mol. The summed E-state index contributed by atoms with van der Waals surface area (Å²) in [5.74, 6) is 0. The molecule has 1 saturated heterocycles. The molecule has 0 radical (unpaired) electrons. The Morgan fingerprint density at radius 2 is 2.33 bits per heavy atom. The maximum Gasteiger partial charge on any atom is 0.401 e. The summed E-state index contributed by atoms with van der Waals surface area (Å²) in [6.45, 7) is -0.196. The van der Waals surface area contributed by atoms with E-state index in [2.05, 4.69) is 8.37 Å². The molecule has 0 spiro atoms. The van der Waals surface area contributed by atoms with Crippen molar-refractivity contribution in [3.05, 3.63) is 0 Å². The Morgan fingerprint density at radius 3 is 2.56 bits per heavy atom. The van der Waals surface area contributed by atoms with E-state index in [4.69, 9.17) is 5.26 Å². The van der Waals surface area contributed by atoms with Crippen LogP contribution in [0.15, 0.2) is 0 Å². The Bertz CT molecular complexity index is 237. The van der Waals surface area contributed by atoms with Crippen molar-refractivity contribution in [2.75, 3.05) is 6.61 Å². The second kappa shape index (κ2) is 1.95. The lowest BCUT2D eigenvalue weighted by molar-refractivity contribution is 0.295. The largest absolute Gasteiger partial charge is 0.401 e. The highest BCUT2D eigenvalue weighted by atomic mass is 32.3. The van der Waals surface area contributed by atoms with Crippen LogP contribution >= 0.6 is 0 Å². The molecule has 0 aromatic rings. The van der Waals surface area contributed by atoms with E-state index < -0.39 is 16.5 Å².